The zero-order valence-electron chi connectivity index (χ0n) is 9.65. The van der Waals surface area contributed by atoms with Gasteiger partial charge in [0.1, 0.15) is 0 Å². The van der Waals surface area contributed by atoms with Crippen molar-refractivity contribution in [2.24, 2.45) is 0 Å². The van der Waals surface area contributed by atoms with E-state index in [1.54, 1.807) is 0 Å². The summed E-state index contributed by atoms with van der Waals surface area (Å²) in [6.07, 6.45) is 6.04. The van der Waals surface area contributed by atoms with Crippen LogP contribution in [0.25, 0.3) is 0 Å². The Labute approximate surface area is 104 Å². The standard InChI is InChI=1S/C13H12N2O3/c16-13(14-11-3-1-2-4-12(11)14)9-5-7-10(8-6-9)15(17)18/h1-2,5-8,11-12H,3-4H2. The van der Waals surface area contributed by atoms with Crippen LogP contribution in [0.5, 0.6) is 0 Å². The maximum Gasteiger partial charge on any atom is 0.269 e. The van der Waals surface area contributed by atoms with Gasteiger partial charge in [0.25, 0.3) is 11.6 Å². The van der Waals surface area contributed by atoms with Crippen LogP contribution in [0, 0.1) is 10.1 Å². The van der Waals surface area contributed by atoms with Crippen LogP contribution in [0.3, 0.4) is 0 Å². The molecular weight excluding hydrogens is 232 g/mol. The van der Waals surface area contributed by atoms with E-state index < -0.39 is 4.92 Å². The van der Waals surface area contributed by atoms with Gasteiger partial charge in [0.15, 0.2) is 0 Å². The molecule has 0 spiro atoms. The lowest BCUT2D eigenvalue weighted by Crippen LogP contribution is -2.14. The van der Waals surface area contributed by atoms with Crippen molar-refractivity contribution in [3.8, 4) is 0 Å². The molecule has 1 amide bonds. The normalized spacial score (nSPS) is 24.6. The Hall–Kier alpha value is -2.17. The van der Waals surface area contributed by atoms with Crippen molar-refractivity contribution in [2.45, 2.75) is 24.9 Å². The smallest absolute Gasteiger partial charge is 0.269 e. The summed E-state index contributed by atoms with van der Waals surface area (Å²) in [5.74, 6) is -0.0244. The van der Waals surface area contributed by atoms with Crippen molar-refractivity contribution in [1.82, 2.24) is 4.90 Å². The predicted octanol–water partition coefficient (Wildman–Crippen LogP) is 2.14. The minimum absolute atomic E-state index is 0.0106. The van der Waals surface area contributed by atoms with Crippen LogP contribution in [-0.2, 0) is 0 Å². The molecule has 1 fully saturated rings. The first kappa shape index (κ1) is 11.0. The summed E-state index contributed by atoms with van der Waals surface area (Å²) in [7, 11) is 0. The van der Waals surface area contributed by atoms with Crippen LogP contribution < -0.4 is 0 Å². The molecule has 3 rings (SSSR count). The second-order valence-corrected chi connectivity index (χ2v) is 4.59. The number of non-ortho nitro benzene ring substituents is 1. The van der Waals surface area contributed by atoms with Crippen molar-refractivity contribution in [1.29, 1.82) is 0 Å². The van der Waals surface area contributed by atoms with Crippen molar-refractivity contribution >= 4 is 11.6 Å². The molecule has 0 saturated carbocycles. The number of carbonyl (C=O) groups excluding carboxylic acids is 1. The lowest BCUT2D eigenvalue weighted by molar-refractivity contribution is -0.384. The number of nitro benzene ring substituents is 1. The third kappa shape index (κ3) is 1.68. The molecule has 1 heterocycles. The highest BCUT2D eigenvalue weighted by Gasteiger charge is 2.50. The van der Waals surface area contributed by atoms with Gasteiger partial charge in [-0.05, 0) is 25.0 Å². The molecule has 1 aromatic rings. The van der Waals surface area contributed by atoms with Crippen molar-refractivity contribution in [2.75, 3.05) is 0 Å². The first-order chi connectivity index (χ1) is 8.68. The van der Waals surface area contributed by atoms with Crippen molar-refractivity contribution < 1.29 is 9.72 Å². The monoisotopic (exact) mass is 244 g/mol. The molecule has 2 atom stereocenters. The average molecular weight is 244 g/mol. The van der Waals surface area contributed by atoms with Crippen LogP contribution in [-0.4, -0.2) is 27.8 Å². The number of carbonyl (C=O) groups is 1. The van der Waals surface area contributed by atoms with Gasteiger partial charge in [0.05, 0.1) is 17.0 Å². The summed E-state index contributed by atoms with van der Waals surface area (Å²) in [5.41, 5.74) is 0.534. The zero-order chi connectivity index (χ0) is 12.7. The van der Waals surface area contributed by atoms with Gasteiger partial charge in [-0.3, -0.25) is 14.9 Å². The molecule has 0 N–H and O–H groups in total. The fraction of sp³-hybridized carbons (Fsp3) is 0.308. The Balaban J connectivity index is 1.76. The molecule has 0 bridgehead atoms. The minimum atomic E-state index is -0.463. The van der Waals surface area contributed by atoms with E-state index in [4.69, 9.17) is 0 Å². The van der Waals surface area contributed by atoms with E-state index in [1.165, 1.54) is 24.3 Å². The summed E-state index contributed by atoms with van der Waals surface area (Å²) < 4.78 is 0. The maximum absolute atomic E-state index is 12.2. The highest BCUT2D eigenvalue weighted by Crippen LogP contribution is 2.38. The topological polar surface area (TPSA) is 63.2 Å². The van der Waals surface area contributed by atoms with E-state index in [2.05, 4.69) is 12.2 Å². The number of nitrogens with zero attached hydrogens (tertiary/aromatic N) is 2. The highest BCUT2D eigenvalue weighted by atomic mass is 16.6. The van der Waals surface area contributed by atoms with Gasteiger partial charge in [-0.25, -0.2) is 0 Å². The van der Waals surface area contributed by atoms with Crippen LogP contribution in [0.15, 0.2) is 36.4 Å². The Bertz CT molecular complexity index is 522. The summed E-state index contributed by atoms with van der Waals surface area (Å²) in [5, 5.41) is 10.5. The fourth-order valence-electron chi connectivity index (χ4n) is 2.52. The van der Waals surface area contributed by atoms with E-state index in [0.29, 0.717) is 17.6 Å². The summed E-state index contributed by atoms with van der Waals surface area (Å²) in [6.45, 7) is 0. The zero-order valence-corrected chi connectivity index (χ0v) is 9.65. The van der Waals surface area contributed by atoms with Gasteiger partial charge in [-0.1, -0.05) is 12.2 Å². The number of hydrogen-bond donors (Lipinski definition) is 0. The lowest BCUT2D eigenvalue weighted by atomic mass is 10.1. The largest absolute Gasteiger partial charge is 0.328 e. The quantitative estimate of drug-likeness (QED) is 0.346. The van der Waals surface area contributed by atoms with E-state index in [9.17, 15) is 14.9 Å². The number of fused-ring (bicyclic) bond motifs is 1. The number of nitro groups is 1. The molecule has 5 nitrogen and oxygen atoms in total. The molecule has 0 radical (unpaired) electrons. The molecule has 1 aliphatic heterocycles. The number of benzene rings is 1. The van der Waals surface area contributed by atoms with Gasteiger partial charge in [0, 0.05) is 17.7 Å². The SMILES string of the molecule is O=C(c1ccc([N+](=O)[O-])cc1)N1C2CC=CCC21. The van der Waals surface area contributed by atoms with Crippen molar-refractivity contribution in [3.63, 3.8) is 0 Å². The molecule has 0 aromatic heterocycles. The molecule has 5 heteroatoms. The first-order valence-corrected chi connectivity index (χ1v) is 5.90. The Morgan fingerprint density at radius 2 is 1.72 bits per heavy atom. The molecule has 2 aliphatic rings. The van der Waals surface area contributed by atoms with E-state index in [0.717, 1.165) is 12.8 Å². The van der Waals surface area contributed by atoms with Crippen LogP contribution >= 0.6 is 0 Å². The summed E-state index contributed by atoms with van der Waals surface area (Å²) in [6, 6.07) is 6.46. The second-order valence-electron chi connectivity index (χ2n) is 4.59. The van der Waals surface area contributed by atoms with Gasteiger partial charge in [-0.2, -0.15) is 0 Å². The molecule has 1 aliphatic carbocycles. The Kier molecular flexibility index (Phi) is 2.40. The average Bonchev–Trinajstić information content (AvgIpc) is 3.12. The second kappa shape index (κ2) is 3.94. The molecular formula is C13H12N2O3. The molecule has 18 heavy (non-hydrogen) atoms. The fourth-order valence-corrected chi connectivity index (χ4v) is 2.52. The Morgan fingerprint density at radius 1 is 1.17 bits per heavy atom. The van der Waals surface area contributed by atoms with E-state index >= 15 is 0 Å². The van der Waals surface area contributed by atoms with E-state index in [-0.39, 0.29) is 11.6 Å². The molecule has 1 saturated heterocycles. The van der Waals surface area contributed by atoms with Gasteiger partial charge < -0.3 is 4.90 Å². The number of rotatable bonds is 2. The third-order valence-corrected chi connectivity index (χ3v) is 3.55. The minimum Gasteiger partial charge on any atom is -0.328 e. The van der Waals surface area contributed by atoms with Crippen LogP contribution in [0.2, 0.25) is 0 Å². The van der Waals surface area contributed by atoms with E-state index in [1.807, 2.05) is 4.90 Å². The van der Waals surface area contributed by atoms with Gasteiger partial charge in [0.2, 0.25) is 0 Å². The first-order valence-electron chi connectivity index (χ1n) is 5.90. The maximum atomic E-state index is 12.2. The van der Waals surface area contributed by atoms with Crippen LogP contribution in [0.1, 0.15) is 23.2 Å². The van der Waals surface area contributed by atoms with Crippen LogP contribution in [0.4, 0.5) is 5.69 Å². The number of hydrogen-bond acceptors (Lipinski definition) is 3. The molecule has 1 aromatic carbocycles. The summed E-state index contributed by atoms with van der Waals surface area (Å²) in [4.78, 5) is 24.1. The number of amides is 1. The third-order valence-electron chi connectivity index (χ3n) is 3.55. The lowest BCUT2D eigenvalue weighted by Gasteiger charge is -2.03. The predicted molar refractivity (Wildman–Crippen MR) is 65.2 cm³/mol. The van der Waals surface area contributed by atoms with Gasteiger partial charge >= 0.3 is 0 Å². The molecule has 2 unspecified atom stereocenters. The summed E-state index contributed by atoms with van der Waals surface area (Å²) >= 11 is 0. The van der Waals surface area contributed by atoms with Gasteiger partial charge in [-0.15, -0.1) is 0 Å². The molecule has 92 valence electrons. The Morgan fingerprint density at radius 3 is 2.22 bits per heavy atom. The highest BCUT2D eigenvalue weighted by molar-refractivity contribution is 5.96. The van der Waals surface area contributed by atoms with Crippen molar-refractivity contribution in [3.05, 3.63) is 52.1 Å².